The number of hydrogen-bond donors (Lipinski definition) is 3. The molecule has 0 aromatic heterocycles. The third kappa shape index (κ3) is 47.9. The summed E-state index contributed by atoms with van der Waals surface area (Å²) in [5, 5.41) is 23.0. The number of aliphatic hydroxyl groups excluding tert-OH is 2. The minimum absolute atomic E-state index is 0.0790. The average Bonchev–Trinajstić information content (AvgIpc) is 3.26. The van der Waals surface area contributed by atoms with Crippen LogP contribution in [0.3, 0.4) is 0 Å². The number of amides is 1. The molecule has 0 spiro atoms. The van der Waals surface area contributed by atoms with E-state index < -0.39 is 12.1 Å². The molecule has 0 saturated heterocycles. The van der Waals surface area contributed by atoms with E-state index >= 15 is 0 Å². The maximum Gasteiger partial charge on any atom is 0.220 e. The maximum absolute atomic E-state index is 12.4. The zero-order chi connectivity index (χ0) is 44.2. The highest BCUT2D eigenvalue weighted by Gasteiger charge is 2.17. The fraction of sp³-hybridized carbons (Fsp3) is 0.667. The van der Waals surface area contributed by atoms with Crippen molar-refractivity contribution in [2.24, 2.45) is 0 Å². The Balaban J connectivity index is 3.54. The molecule has 4 heteroatoms. The minimum atomic E-state index is -0.866. The van der Waals surface area contributed by atoms with Gasteiger partial charge in [0.05, 0.1) is 18.8 Å². The van der Waals surface area contributed by atoms with Crippen LogP contribution < -0.4 is 5.32 Å². The Morgan fingerprint density at radius 1 is 0.410 bits per heavy atom. The van der Waals surface area contributed by atoms with Crippen LogP contribution in [0.2, 0.25) is 0 Å². The standard InChI is InChI=1S/C57H97NO3/c1-3-5-7-9-11-13-15-17-18-19-20-21-22-23-24-25-26-27-28-29-30-31-32-33-34-35-36-37-38-39-40-41-43-45-47-49-51-53-57(61)58-55(54-59)56(60)52-50-48-46-44-42-16-14-12-10-8-6-4-2/h5,7,11,13,17-18,20-21,23-24,26-27,29-30,42,44,50,52,55-56,59-60H,3-4,6,8-10,12,14-16,19,22,25,28,31-41,43,45-49,51,53-54H2,1-2H3,(H,58,61)/b7-5-,13-11-,18-17-,21-20-,24-23-,27-26-,30-29-,44-42+,52-50+. The van der Waals surface area contributed by atoms with E-state index in [0.717, 1.165) is 77.0 Å². The Morgan fingerprint density at radius 3 is 1.15 bits per heavy atom. The van der Waals surface area contributed by atoms with Gasteiger partial charge in [0, 0.05) is 6.42 Å². The van der Waals surface area contributed by atoms with Gasteiger partial charge in [-0.05, 0) is 89.9 Å². The molecule has 0 aliphatic rings. The molecule has 0 aromatic carbocycles. The molecular formula is C57H97NO3. The van der Waals surface area contributed by atoms with Crippen LogP contribution in [0.15, 0.2) is 109 Å². The zero-order valence-corrected chi connectivity index (χ0v) is 39.9. The topological polar surface area (TPSA) is 69.6 Å². The Labute approximate surface area is 378 Å². The predicted octanol–water partition coefficient (Wildman–Crippen LogP) is 16.7. The van der Waals surface area contributed by atoms with E-state index in [1.165, 1.54) is 128 Å². The molecule has 2 unspecified atom stereocenters. The van der Waals surface area contributed by atoms with E-state index in [1.54, 1.807) is 6.08 Å². The molecular weight excluding hydrogens is 747 g/mol. The van der Waals surface area contributed by atoms with Crippen LogP contribution >= 0.6 is 0 Å². The number of carbonyl (C=O) groups excluding carboxylic acids is 1. The Morgan fingerprint density at radius 2 is 0.738 bits per heavy atom. The Kier molecular flexibility index (Phi) is 48.9. The van der Waals surface area contributed by atoms with Crippen molar-refractivity contribution < 1.29 is 15.0 Å². The fourth-order valence-electron chi connectivity index (χ4n) is 7.11. The molecule has 0 radical (unpaired) electrons. The van der Waals surface area contributed by atoms with Gasteiger partial charge in [-0.3, -0.25) is 4.79 Å². The quantitative estimate of drug-likeness (QED) is 0.0422. The number of carbonyl (C=O) groups is 1. The van der Waals surface area contributed by atoms with Crippen molar-refractivity contribution in [1.82, 2.24) is 5.32 Å². The second-order valence-corrected chi connectivity index (χ2v) is 16.8. The average molecular weight is 844 g/mol. The summed E-state index contributed by atoms with van der Waals surface area (Å²) in [4.78, 5) is 12.4. The molecule has 0 aliphatic heterocycles. The first-order chi connectivity index (χ1) is 30.2. The van der Waals surface area contributed by atoms with Crippen LogP contribution in [0.25, 0.3) is 0 Å². The Bertz CT molecular complexity index is 1180. The largest absolute Gasteiger partial charge is 0.394 e. The Hall–Kier alpha value is -2.95. The molecule has 0 bridgehead atoms. The molecule has 348 valence electrons. The van der Waals surface area contributed by atoms with Crippen molar-refractivity contribution in [3.8, 4) is 0 Å². The van der Waals surface area contributed by atoms with Crippen LogP contribution in [0.4, 0.5) is 0 Å². The maximum atomic E-state index is 12.4. The summed E-state index contributed by atoms with van der Waals surface area (Å²) in [5.41, 5.74) is 0. The van der Waals surface area contributed by atoms with Crippen molar-refractivity contribution in [3.63, 3.8) is 0 Å². The van der Waals surface area contributed by atoms with Crippen LogP contribution in [0.1, 0.15) is 226 Å². The molecule has 1 amide bonds. The number of aliphatic hydroxyl groups is 2. The van der Waals surface area contributed by atoms with Crippen molar-refractivity contribution in [3.05, 3.63) is 109 Å². The van der Waals surface area contributed by atoms with E-state index in [2.05, 4.69) is 116 Å². The lowest BCUT2D eigenvalue weighted by atomic mass is 10.0. The summed E-state index contributed by atoms with van der Waals surface area (Å²) in [7, 11) is 0. The summed E-state index contributed by atoms with van der Waals surface area (Å²) >= 11 is 0. The monoisotopic (exact) mass is 844 g/mol. The molecule has 3 N–H and O–H groups in total. The first-order valence-electron chi connectivity index (χ1n) is 25.6. The minimum Gasteiger partial charge on any atom is -0.394 e. The van der Waals surface area contributed by atoms with Crippen LogP contribution in [-0.4, -0.2) is 34.9 Å². The van der Waals surface area contributed by atoms with Gasteiger partial charge in [-0.1, -0.05) is 239 Å². The summed E-state index contributed by atoms with van der Waals surface area (Å²) in [6.45, 7) is 4.16. The lowest BCUT2D eigenvalue weighted by Gasteiger charge is -2.19. The summed E-state index contributed by atoms with van der Waals surface area (Å²) in [6, 6.07) is -0.643. The van der Waals surface area contributed by atoms with Gasteiger partial charge < -0.3 is 15.5 Å². The molecule has 0 saturated carbocycles. The number of nitrogens with one attached hydrogen (secondary N) is 1. The molecule has 61 heavy (non-hydrogen) atoms. The summed E-state index contributed by atoms with van der Waals surface area (Å²) in [5.74, 6) is -0.0790. The van der Waals surface area contributed by atoms with Gasteiger partial charge in [-0.15, -0.1) is 0 Å². The molecule has 0 rings (SSSR count). The normalized spacial score (nSPS) is 13.8. The number of rotatable bonds is 45. The first-order valence-corrected chi connectivity index (χ1v) is 25.6. The molecule has 0 aliphatic carbocycles. The number of hydrogen-bond acceptors (Lipinski definition) is 3. The molecule has 4 nitrogen and oxygen atoms in total. The number of unbranched alkanes of at least 4 members (excludes halogenated alkanes) is 22. The smallest absolute Gasteiger partial charge is 0.220 e. The van der Waals surface area contributed by atoms with Crippen LogP contribution in [-0.2, 0) is 4.79 Å². The zero-order valence-electron chi connectivity index (χ0n) is 39.9. The molecule has 2 atom stereocenters. The molecule has 0 aromatic rings. The lowest BCUT2D eigenvalue weighted by molar-refractivity contribution is -0.123. The predicted molar refractivity (Wildman–Crippen MR) is 271 cm³/mol. The highest BCUT2D eigenvalue weighted by Crippen LogP contribution is 2.15. The van der Waals surface area contributed by atoms with Gasteiger partial charge in [-0.2, -0.15) is 0 Å². The molecule has 0 heterocycles. The molecule has 0 fully saturated rings. The lowest BCUT2D eigenvalue weighted by Crippen LogP contribution is -2.45. The highest BCUT2D eigenvalue weighted by molar-refractivity contribution is 5.76. The summed E-state index contributed by atoms with van der Waals surface area (Å²) < 4.78 is 0. The van der Waals surface area contributed by atoms with Gasteiger partial charge in [0.2, 0.25) is 5.91 Å². The van der Waals surface area contributed by atoms with Gasteiger partial charge in [0.1, 0.15) is 0 Å². The van der Waals surface area contributed by atoms with Gasteiger partial charge in [0.15, 0.2) is 0 Å². The summed E-state index contributed by atoms with van der Waals surface area (Å²) in [6.07, 6.45) is 78.0. The third-order valence-electron chi connectivity index (χ3n) is 11.0. The van der Waals surface area contributed by atoms with Crippen molar-refractivity contribution in [1.29, 1.82) is 0 Å². The third-order valence-corrected chi connectivity index (χ3v) is 11.0. The second kappa shape index (κ2) is 51.4. The SMILES string of the molecule is CC/C=C\C/C=C\C/C=C\C/C=C\C/C=C\C/C=C\C/C=C\CCCCCCCCCCCCCCCCCC(=O)NC(CO)C(O)/C=C/CC/C=C/CCCCCCCC. The van der Waals surface area contributed by atoms with E-state index in [1.807, 2.05) is 6.08 Å². The van der Waals surface area contributed by atoms with Crippen LogP contribution in [0, 0.1) is 0 Å². The van der Waals surface area contributed by atoms with Crippen LogP contribution in [0.5, 0.6) is 0 Å². The van der Waals surface area contributed by atoms with Gasteiger partial charge in [0.25, 0.3) is 0 Å². The van der Waals surface area contributed by atoms with E-state index in [0.29, 0.717) is 6.42 Å². The number of allylic oxidation sites excluding steroid dienone is 17. The van der Waals surface area contributed by atoms with Crippen molar-refractivity contribution >= 4 is 5.91 Å². The second-order valence-electron chi connectivity index (χ2n) is 16.8. The van der Waals surface area contributed by atoms with Crippen molar-refractivity contribution in [2.45, 2.75) is 238 Å². The van der Waals surface area contributed by atoms with Crippen molar-refractivity contribution in [2.75, 3.05) is 6.61 Å². The van der Waals surface area contributed by atoms with E-state index in [9.17, 15) is 15.0 Å². The van der Waals surface area contributed by atoms with Gasteiger partial charge in [-0.25, -0.2) is 0 Å². The fourth-order valence-corrected chi connectivity index (χ4v) is 7.11. The van der Waals surface area contributed by atoms with Gasteiger partial charge >= 0.3 is 0 Å². The van der Waals surface area contributed by atoms with E-state index in [4.69, 9.17) is 0 Å². The first kappa shape index (κ1) is 58.0. The highest BCUT2D eigenvalue weighted by atomic mass is 16.3. The van der Waals surface area contributed by atoms with E-state index in [-0.39, 0.29) is 12.5 Å².